The summed E-state index contributed by atoms with van der Waals surface area (Å²) in [4.78, 5) is 28.0. The molecule has 132 valence electrons. The number of nitrogens with one attached hydrogen (secondary N) is 1. The second kappa shape index (κ2) is 9.10. The molecule has 1 aromatic rings. The molecule has 0 radical (unpaired) electrons. The Morgan fingerprint density at radius 2 is 2.00 bits per heavy atom. The van der Waals surface area contributed by atoms with E-state index in [-0.39, 0.29) is 17.6 Å². The zero-order chi connectivity index (χ0) is 17.5. The Morgan fingerprint density at radius 3 is 2.62 bits per heavy atom. The number of hydrogen-bond donors (Lipinski definition) is 1. The monoisotopic (exact) mass is 401 g/mol. The summed E-state index contributed by atoms with van der Waals surface area (Å²) in [5, 5.41) is 2.78. The van der Waals surface area contributed by atoms with Crippen molar-refractivity contribution in [1.82, 2.24) is 15.1 Å². The molecule has 24 heavy (non-hydrogen) atoms. The van der Waals surface area contributed by atoms with Gasteiger partial charge in [0.25, 0.3) is 5.91 Å². The maximum atomic E-state index is 13.1. The zero-order valence-corrected chi connectivity index (χ0v) is 15.1. The lowest BCUT2D eigenvalue weighted by atomic mass is 10.1. The van der Waals surface area contributed by atoms with E-state index in [4.69, 9.17) is 4.74 Å². The van der Waals surface area contributed by atoms with E-state index < -0.39 is 0 Å². The number of carbonyl (C=O) groups excluding carboxylic acids is 2. The molecule has 2 amide bonds. The van der Waals surface area contributed by atoms with Crippen LogP contribution in [0, 0.1) is 5.82 Å². The first kappa shape index (κ1) is 18.8. The van der Waals surface area contributed by atoms with Gasteiger partial charge >= 0.3 is 0 Å². The Balaban J connectivity index is 1.81. The molecule has 1 saturated heterocycles. The van der Waals surface area contributed by atoms with Gasteiger partial charge < -0.3 is 15.0 Å². The molecule has 0 spiro atoms. The van der Waals surface area contributed by atoms with Crippen LogP contribution < -0.4 is 5.32 Å². The molecule has 0 bridgehead atoms. The van der Waals surface area contributed by atoms with E-state index in [1.54, 1.807) is 12.0 Å². The fraction of sp³-hybridized carbons (Fsp3) is 0.500. The molecule has 1 aliphatic heterocycles. The van der Waals surface area contributed by atoms with Crippen molar-refractivity contribution in [2.45, 2.75) is 0 Å². The molecule has 0 aromatic heterocycles. The number of halogens is 2. The second-order valence-corrected chi connectivity index (χ2v) is 6.39. The second-order valence-electron chi connectivity index (χ2n) is 5.54. The third-order valence-electron chi connectivity index (χ3n) is 3.82. The number of hydrogen-bond acceptors (Lipinski definition) is 4. The van der Waals surface area contributed by atoms with Gasteiger partial charge in [0.1, 0.15) is 5.82 Å². The SMILES string of the molecule is COCCNC(=O)CN1CCN(C(=O)c2ccc(F)cc2Br)CC1. The van der Waals surface area contributed by atoms with Gasteiger partial charge in [0, 0.05) is 44.3 Å². The van der Waals surface area contributed by atoms with Crippen LogP contribution >= 0.6 is 15.9 Å². The predicted molar refractivity (Wildman–Crippen MR) is 91.3 cm³/mol. The van der Waals surface area contributed by atoms with E-state index >= 15 is 0 Å². The van der Waals surface area contributed by atoms with E-state index in [1.165, 1.54) is 18.2 Å². The number of amides is 2. The minimum atomic E-state index is -0.386. The van der Waals surface area contributed by atoms with Gasteiger partial charge in [0.2, 0.25) is 5.91 Å². The largest absolute Gasteiger partial charge is 0.383 e. The van der Waals surface area contributed by atoms with Crippen LogP contribution in [0.4, 0.5) is 4.39 Å². The fourth-order valence-electron chi connectivity index (χ4n) is 2.49. The number of methoxy groups -OCH3 is 1. The third kappa shape index (κ3) is 5.25. The van der Waals surface area contributed by atoms with E-state index in [2.05, 4.69) is 21.2 Å². The number of benzene rings is 1. The Morgan fingerprint density at radius 1 is 1.29 bits per heavy atom. The van der Waals surface area contributed by atoms with Crippen LogP contribution in [0.2, 0.25) is 0 Å². The van der Waals surface area contributed by atoms with Gasteiger partial charge in [0.05, 0.1) is 18.7 Å². The van der Waals surface area contributed by atoms with Crippen molar-refractivity contribution >= 4 is 27.7 Å². The normalized spacial score (nSPS) is 15.4. The van der Waals surface area contributed by atoms with Gasteiger partial charge in [-0.3, -0.25) is 14.5 Å². The molecule has 8 heteroatoms. The highest BCUT2D eigenvalue weighted by molar-refractivity contribution is 9.10. The van der Waals surface area contributed by atoms with Crippen molar-refractivity contribution in [3.63, 3.8) is 0 Å². The third-order valence-corrected chi connectivity index (χ3v) is 4.47. The molecule has 0 saturated carbocycles. The molecule has 0 atom stereocenters. The predicted octanol–water partition coefficient (Wildman–Crippen LogP) is 1.11. The summed E-state index contributed by atoms with van der Waals surface area (Å²) in [6.45, 7) is 3.62. The highest BCUT2D eigenvalue weighted by atomic mass is 79.9. The highest BCUT2D eigenvalue weighted by Crippen LogP contribution is 2.20. The Labute approximate surface area is 149 Å². The van der Waals surface area contributed by atoms with Crippen LogP contribution in [0.1, 0.15) is 10.4 Å². The van der Waals surface area contributed by atoms with Crippen molar-refractivity contribution in [3.05, 3.63) is 34.1 Å². The first-order valence-corrected chi connectivity index (χ1v) is 8.53. The Kier molecular flexibility index (Phi) is 7.14. The van der Waals surface area contributed by atoms with Crippen molar-refractivity contribution < 1.29 is 18.7 Å². The maximum absolute atomic E-state index is 13.1. The van der Waals surface area contributed by atoms with Crippen LogP contribution in [0.15, 0.2) is 22.7 Å². The topological polar surface area (TPSA) is 61.9 Å². The van der Waals surface area contributed by atoms with Crippen LogP contribution in [0.3, 0.4) is 0 Å². The van der Waals surface area contributed by atoms with Gasteiger partial charge in [-0.15, -0.1) is 0 Å². The van der Waals surface area contributed by atoms with Crippen molar-refractivity contribution in [1.29, 1.82) is 0 Å². The van der Waals surface area contributed by atoms with Crippen molar-refractivity contribution in [2.75, 3.05) is 53.0 Å². The minimum Gasteiger partial charge on any atom is -0.383 e. The molecule has 2 rings (SSSR count). The summed E-state index contributed by atoms with van der Waals surface area (Å²) < 4.78 is 18.5. The fourth-order valence-corrected chi connectivity index (χ4v) is 3.01. The van der Waals surface area contributed by atoms with E-state index in [0.717, 1.165) is 0 Å². The van der Waals surface area contributed by atoms with Crippen LogP contribution in [0.25, 0.3) is 0 Å². The average Bonchev–Trinajstić information content (AvgIpc) is 2.55. The van der Waals surface area contributed by atoms with Crippen molar-refractivity contribution in [3.8, 4) is 0 Å². The van der Waals surface area contributed by atoms with Gasteiger partial charge in [-0.25, -0.2) is 4.39 Å². The van der Waals surface area contributed by atoms with Crippen molar-refractivity contribution in [2.24, 2.45) is 0 Å². The summed E-state index contributed by atoms with van der Waals surface area (Å²) in [6.07, 6.45) is 0. The molecule has 1 fully saturated rings. The number of piperazine rings is 1. The summed E-state index contributed by atoms with van der Waals surface area (Å²) >= 11 is 3.23. The number of carbonyl (C=O) groups is 2. The van der Waals surface area contributed by atoms with Crippen LogP contribution in [-0.4, -0.2) is 74.6 Å². The van der Waals surface area contributed by atoms with Gasteiger partial charge in [-0.05, 0) is 34.1 Å². The minimum absolute atomic E-state index is 0.0481. The Hall–Kier alpha value is -1.51. The van der Waals surface area contributed by atoms with E-state index in [1.807, 2.05) is 4.90 Å². The lowest BCUT2D eigenvalue weighted by molar-refractivity contribution is -0.122. The molecular formula is C16H21BrFN3O3. The quantitative estimate of drug-likeness (QED) is 0.725. The number of rotatable bonds is 6. The molecule has 1 heterocycles. The lowest BCUT2D eigenvalue weighted by Gasteiger charge is -2.34. The van der Waals surface area contributed by atoms with E-state index in [0.29, 0.717) is 55.9 Å². The molecule has 0 unspecified atom stereocenters. The molecule has 0 aliphatic carbocycles. The maximum Gasteiger partial charge on any atom is 0.255 e. The molecule has 1 N–H and O–H groups in total. The number of ether oxygens (including phenoxy) is 1. The molecule has 1 aromatic carbocycles. The Bertz CT molecular complexity index is 592. The average molecular weight is 402 g/mol. The first-order chi connectivity index (χ1) is 11.5. The number of nitrogens with zero attached hydrogens (tertiary/aromatic N) is 2. The zero-order valence-electron chi connectivity index (χ0n) is 13.6. The van der Waals surface area contributed by atoms with Gasteiger partial charge in [0.15, 0.2) is 0 Å². The summed E-state index contributed by atoms with van der Waals surface area (Å²) in [5.41, 5.74) is 0.446. The summed E-state index contributed by atoms with van der Waals surface area (Å²) in [6, 6.07) is 4.05. The smallest absolute Gasteiger partial charge is 0.255 e. The summed E-state index contributed by atoms with van der Waals surface area (Å²) in [5.74, 6) is -0.568. The molecule has 1 aliphatic rings. The molecule has 6 nitrogen and oxygen atoms in total. The van der Waals surface area contributed by atoms with Gasteiger partial charge in [-0.1, -0.05) is 0 Å². The van der Waals surface area contributed by atoms with Crippen LogP contribution in [-0.2, 0) is 9.53 Å². The van der Waals surface area contributed by atoms with E-state index in [9.17, 15) is 14.0 Å². The summed E-state index contributed by atoms with van der Waals surface area (Å²) in [7, 11) is 1.59. The highest BCUT2D eigenvalue weighted by Gasteiger charge is 2.24. The first-order valence-electron chi connectivity index (χ1n) is 7.73. The standard InChI is InChI=1S/C16H21BrFN3O3/c1-24-9-4-19-15(22)11-20-5-7-21(8-6-20)16(23)13-3-2-12(18)10-14(13)17/h2-3,10H,4-9,11H2,1H3,(H,19,22). The lowest BCUT2D eigenvalue weighted by Crippen LogP contribution is -2.51. The molecular weight excluding hydrogens is 381 g/mol. The van der Waals surface area contributed by atoms with Crippen LogP contribution in [0.5, 0.6) is 0 Å². The van der Waals surface area contributed by atoms with Gasteiger partial charge in [-0.2, -0.15) is 0 Å².